The van der Waals surface area contributed by atoms with Crippen molar-refractivity contribution in [2.45, 2.75) is 66.4 Å². The molecule has 1 unspecified atom stereocenters. The molecule has 0 radical (unpaired) electrons. The van der Waals surface area contributed by atoms with Gasteiger partial charge in [-0.1, -0.05) is 50.6 Å². The third-order valence-corrected chi connectivity index (χ3v) is 3.91. The zero-order chi connectivity index (χ0) is 18.4. The van der Waals surface area contributed by atoms with Crippen LogP contribution in [0.3, 0.4) is 0 Å². The molecule has 1 atom stereocenters. The molecule has 0 saturated carbocycles. The molecular weight excluding hydrogens is 318 g/mol. The second-order valence-corrected chi connectivity index (χ2v) is 6.52. The Balaban J connectivity index is 0.000000470. The number of aliphatic hydroxyl groups excluding tert-OH is 1. The largest absolute Gasteiger partial charge is 0.393 e. The minimum Gasteiger partial charge on any atom is -0.393 e. The Hall–Kier alpha value is -1.52. The summed E-state index contributed by atoms with van der Waals surface area (Å²) in [6.45, 7) is 9.92. The lowest BCUT2D eigenvalue weighted by atomic mass is 10.1. The number of rotatable bonds is 8. The highest BCUT2D eigenvalue weighted by Gasteiger charge is 2.06. The zero-order valence-electron chi connectivity index (χ0n) is 15.6. The maximum Gasteiger partial charge on any atom is 0.135 e. The molecule has 1 N–H and O–H groups in total. The van der Waals surface area contributed by atoms with Crippen molar-refractivity contribution >= 4 is 22.9 Å². The lowest BCUT2D eigenvalue weighted by Gasteiger charge is -2.05. The monoisotopic (exact) mass is 349 g/mol. The van der Waals surface area contributed by atoms with Crippen LogP contribution in [0.5, 0.6) is 0 Å². The number of carbonyl (C=O) groups excluding carboxylic acids is 1. The molecular formula is C20H31NO2S. The number of aryl methyl sites for hydroxylation is 1. The van der Waals surface area contributed by atoms with Crippen molar-refractivity contribution in [3.8, 4) is 0 Å². The van der Waals surface area contributed by atoms with Crippen LogP contribution in [0.4, 0.5) is 0 Å². The van der Waals surface area contributed by atoms with Gasteiger partial charge in [0.2, 0.25) is 0 Å². The lowest BCUT2D eigenvalue weighted by molar-refractivity contribution is -0.120. The maximum absolute atomic E-state index is 10.7. The first-order chi connectivity index (χ1) is 11.5. The van der Waals surface area contributed by atoms with Crippen LogP contribution in [0.2, 0.25) is 0 Å². The summed E-state index contributed by atoms with van der Waals surface area (Å²) in [6.07, 6.45) is 12.4. The van der Waals surface area contributed by atoms with E-state index >= 15 is 0 Å². The molecule has 0 aliphatic rings. The molecule has 1 heterocycles. The molecule has 0 fully saturated rings. The highest BCUT2D eigenvalue weighted by molar-refractivity contribution is 7.05. The van der Waals surface area contributed by atoms with Crippen LogP contribution >= 0.6 is 11.5 Å². The smallest absolute Gasteiger partial charge is 0.135 e. The summed E-state index contributed by atoms with van der Waals surface area (Å²) < 4.78 is 4.38. The number of nitrogens with zero attached hydrogens (tertiary/aromatic N) is 1. The van der Waals surface area contributed by atoms with Gasteiger partial charge in [-0.25, -0.2) is 0 Å². The number of aliphatic hydroxyl groups is 1. The molecule has 1 aromatic heterocycles. The minimum atomic E-state index is -0.405. The number of aromatic nitrogens is 1. The van der Waals surface area contributed by atoms with Crippen LogP contribution in [0.15, 0.2) is 36.4 Å². The molecule has 0 aliphatic heterocycles. The predicted molar refractivity (Wildman–Crippen MR) is 105 cm³/mol. The second-order valence-electron chi connectivity index (χ2n) is 5.51. The van der Waals surface area contributed by atoms with E-state index in [9.17, 15) is 4.79 Å². The van der Waals surface area contributed by atoms with E-state index < -0.39 is 6.10 Å². The Labute approximate surface area is 151 Å². The normalized spacial score (nSPS) is 13.2. The van der Waals surface area contributed by atoms with Gasteiger partial charge in [-0.05, 0) is 44.8 Å². The lowest BCUT2D eigenvalue weighted by Crippen LogP contribution is -2.11. The van der Waals surface area contributed by atoms with Gasteiger partial charge in [0.1, 0.15) is 5.78 Å². The van der Waals surface area contributed by atoms with Crippen molar-refractivity contribution in [1.29, 1.82) is 0 Å². The van der Waals surface area contributed by atoms with Gasteiger partial charge in [-0.3, -0.25) is 4.79 Å². The summed E-state index contributed by atoms with van der Waals surface area (Å²) in [6, 6.07) is 2.11. The first-order valence-electron chi connectivity index (χ1n) is 8.57. The third kappa shape index (κ3) is 10.3. The van der Waals surface area contributed by atoms with Gasteiger partial charge in [0, 0.05) is 23.3 Å². The average molecular weight is 350 g/mol. The van der Waals surface area contributed by atoms with Crippen LogP contribution < -0.4 is 0 Å². The molecule has 1 rings (SSSR count). The van der Waals surface area contributed by atoms with Crippen molar-refractivity contribution in [3.63, 3.8) is 0 Å². The molecule has 0 spiro atoms. The zero-order valence-corrected chi connectivity index (χ0v) is 16.4. The number of allylic oxidation sites excluding steroid dienone is 6. The van der Waals surface area contributed by atoms with Crippen LogP contribution in [0, 0.1) is 6.92 Å². The molecule has 134 valence electrons. The molecule has 3 nitrogen and oxygen atoms in total. The van der Waals surface area contributed by atoms with Gasteiger partial charge < -0.3 is 5.11 Å². The van der Waals surface area contributed by atoms with Crippen molar-refractivity contribution in [1.82, 2.24) is 4.37 Å². The SMILES string of the molecule is CC=C/C=C(\C=C/C)c1cc(C)sn1.CCCC(O)CC(=O)CC. The van der Waals surface area contributed by atoms with Crippen LogP contribution in [-0.4, -0.2) is 21.4 Å². The molecule has 24 heavy (non-hydrogen) atoms. The fourth-order valence-corrected chi connectivity index (χ4v) is 2.52. The quantitative estimate of drug-likeness (QED) is 0.630. The highest BCUT2D eigenvalue weighted by Crippen LogP contribution is 2.18. The molecule has 0 aliphatic carbocycles. The van der Waals surface area contributed by atoms with Gasteiger partial charge in [0.15, 0.2) is 0 Å². The summed E-state index contributed by atoms with van der Waals surface area (Å²) >= 11 is 1.54. The van der Waals surface area contributed by atoms with Crippen molar-refractivity contribution in [3.05, 3.63) is 47.0 Å². The van der Waals surface area contributed by atoms with E-state index in [0.717, 1.165) is 24.1 Å². The van der Waals surface area contributed by atoms with Crippen LogP contribution in [0.1, 0.15) is 63.9 Å². The summed E-state index contributed by atoms with van der Waals surface area (Å²) in [4.78, 5) is 12.0. The van der Waals surface area contributed by atoms with E-state index in [1.54, 1.807) is 11.5 Å². The Bertz CT molecular complexity index is 556. The van der Waals surface area contributed by atoms with E-state index in [-0.39, 0.29) is 5.78 Å². The van der Waals surface area contributed by atoms with Gasteiger partial charge in [-0.15, -0.1) is 0 Å². The number of hydrogen-bond acceptors (Lipinski definition) is 4. The van der Waals surface area contributed by atoms with E-state index in [2.05, 4.69) is 29.5 Å². The van der Waals surface area contributed by atoms with E-state index in [1.807, 2.05) is 45.9 Å². The first kappa shape index (κ1) is 22.5. The second kappa shape index (κ2) is 13.9. The molecule has 0 amide bonds. The fraction of sp³-hybridized carbons (Fsp3) is 0.500. The van der Waals surface area contributed by atoms with Gasteiger partial charge in [-0.2, -0.15) is 4.37 Å². The third-order valence-electron chi connectivity index (χ3n) is 3.22. The van der Waals surface area contributed by atoms with Gasteiger partial charge in [0.25, 0.3) is 0 Å². The Morgan fingerprint density at radius 3 is 2.50 bits per heavy atom. The Morgan fingerprint density at radius 2 is 2.04 bits per heavy atom. The summed E-state index contributed by atoms with van der Waals surface area (Å²) in [5.41, 5.74) is 2.22. The maximum atomic E-state index is 10.7. The van der Waals surface area contributed by atoms with Crippen molar-refractivity contribution in [2.75, 3.05) is 0 Å². The standard InChI is InChI=1S/C12H15NS.C8H16O2/c1-4-6-8-11(7-5-2)12-9-10(3)14-13-12;1-3-5-8(10)6-7(9)4-2/h4-9H,1-3H3;8,10H,3-6H2,1-2H3/b6-4?,7-5-,11-8+;. The van der Waals surface area contributed by atoms with Gasteiger partial charge >= 0.3 is 0 Å². The van der Waals surface area contributed by atoms with Crippen molar-refractivity contribution in [2.24, 2.45) is 0 Å². The topological polar surface area (TPSA) is 50.2 Å². The Kier molecular flexibility index (Phi) is 13.0. The molecule has 0 bridgehead atoms. The molecule has 0 saturated heterocycles. The minimum absolute atomic E-state index is 0.154. The fourth-order valence-electron chi connectivity index (χ4n) is 1.95. The first-order valence-corrected chi connectivity index (χ1v) is 9.34. The summed E-state index contributed by atoms with van der Waals surface area (Å²) in [5, 5.41) is 9.13. The number of hydrogen-bond donors (Lipinski definition) is 1. The molecule has 4 heteroatoms. The van der Waals surface area contributed by atoms with Crippen LogP contribution in [0.25, 0.3) is 5.57 Å². The van der Waals surface area contributed by atoms with Crippen LogP contribution in [-0.2, 0) is 4.79 Å². The number of carbonyl (C=O) groups is 1. The van der Waals surface area contributed by atoms with Crippen molar-refractivity contribution < 1.29 is 9.90 Å². The number of Topliss-reactive ketones (excluding diaryl/α,β-unsaturated/α-hetero) is 1. The number of ketones is 1. The highest BCUT2D eigenvalue weighted by atomic mass is 32.1. The summed E-state index contributed by atoms with van der Waals surface area (Å²) in [5.74, 6) is 0.154. The van der Waals surface area contributed by atoms with E-state index in [1.165, 1.54) is 4.88 Å². The summed E-state index contributed by atoms with van der Waals surface area (Å²) in [7, 11) is 0. The van der Waals surface area contributed by atoms with Gasteiger partial charge in [0.05, 0.1) is 11.8 Å². The molecule has 0 aromatic carbocycles. The Morgan fingerprint density at radius 1 is 1.33 bits per heavy atom. The average Bonchev–Trinajstić information content (AvgIpc) is 2.98. The van der Waals surface area contributed by atoms with E-state index in [0.29, 0.717) is 12.8 Å². The molecule has 1 aromatic rings. The predicted octanol–water partition coefficient (Wildman–Crippen LogP) is 5.50. The van der Waals surface area contributed by atoms with E-state index in [4.69, 9.17) is 5.11 Å².